The Labute approximate surface area is 144 Å². The second kappa shape index (κ2) is 7.57. The number of hydrogen-bond acceptors (Lipinski definition) is 5. The van der Waals surface area contributed by atoms with Gasteiger partial charge in [0.05, 0.1) is 10.5 Å². The highest BCUT2D eigenvalue weighted by Gasteiger charge is 2.23. The van der Waals surface area contributed by atoms with Crippen molar-refractivity contribution in [3.8, 4) is 0 Å². The predicted molar refractivity (Wildman–Crippen MR) is 92.5 cm³/mol. The molecule has 2 aromatic carbocycles. The van der Waals surface area contributed by atoms with E-state index in [1.165, 1.54) is 25.1 Å². The molecular weight excluding hydrogens is 324 g/mol. The molecular formula is C18H18N2O5. The standard InChI is InChI=1S/C18H18N2O5/c1-11-7-6-8-14(12(11)2)18(22)25-13(3)17(21)19-15-9-4-5-10-16(15)20(23)24/h4-10,13H,1-3H3,(H,19,21). The Hall–Kier alpha value is -3.22. The first-order valence-electron chi connectivity index (χ1n) is 7.62. The van der Waals surface area contributed by atoms with Crippen LogP contribution in [0.2, 0.25) is 0 Å². The summed E-state index contributed by atoms with van der Waals surface area (Å²) in [7, 11) is 0. The van der Waals surface area contributed by atoms with Crippen molar-refractivity contribution in [3.05, 3.63) is 69.3 Å². The summed E-state index contributed by atoms with van der Waals surface area (Å²) >= 11 is 0. The molecule has 7 heteroatoms. The third kappa shape index (κ3) is 4.20. The molecule has 1 unspecified atom stereocenters. The van der Waals surface area contributed by atoms with Crippen molar-refractivity contribution in [3.63, 3.8) is 0 Å². The molecule has 0 bridgehead atoms. The lowest BCUT2D eigenvalue weighted by Gasteiger charge is -2.15. The Bertz CT molecular complexity index is 832. The van der Waals surface area contributed by atoms with Gasteiger partial charge >= 0.3 is 5.97 Å². The number of nitrogens with zero attached hydrogens (tertiary/aromatic N) is 1. The zero-order valence-electron chi connectivity index (χ0n) is 14.1. The number of esters is 1. The smallest absolute Gasteiger partial charge is 0.339 e. The maximum Gasteiger partial charge on any atom is 0.339 e. The average Bonchev–Trinajstić information content (AvgIpc) is 2.57. The average molecular weight is 342 g/mol. The molecule has 0 aliphatic heterocycles. The van der Waals surface area contributed by atoms with Crippen LogP contribution in [-0.4, -0.2) is 22.9 Å². The molecule has 25 heavy (non-hydrogen) atoms. The van der Waals surface area contributed by atoms with Crippen LogP contribution in [-0.2, 0) is 9.53 Å². The first-order valence-corrected chi connectivity index (χ1v) is 7.62. The SMILES string of the molecule is Cc1cccc(C(=O)OC(C)C(=O)Nc2ccccc2[N+](=O)[O-])c1C. The topological polar surface area (TPSA) is 98.5 Å². The van der Waals surface area contributed by atoms with Gasteiger partial charge in [-0.25, -0.2) is 4.79 Å². The van der Waals surface area contributed by atoms with E-state index in [2.05, 4.69) is 5.32 Å². The van der Waals surface area contributed by atoms with Gasteiger partial charge in [0.25, 0.3) is 11.6 Å². The fraction of sp³-hybridized carbons (Fsp3) is 0.222. The summed E-state index contributed by atoms with van der Waals surface area (Å²) in [6, 6.07) is 11.0. The highest BCUT2D eigenvalue weighted by Crippen LogP contribution is 2.23. The maximum absolute atomic E-state index is 12.2. The number of ether oxygens (including phenoxy) is 1. The molecule has 0 heterocycles. The molecule has 0 aliphatic carbocycles. The van der Waals surface area contributed by atoms with Crippen LogP contribution in [0.15, 0.2) is 42.5 Å². The quantitative estimate of drug-likeness (QED) is 0.510. The molecule has 0 aliphatic rings. The van der Waals surface area contributed by atoms with Crippen LogP contribution in [0.5, 0.6) is 0 Å². The summed E-state index contributed by atoms with van der Waals surface area (Å²) in [5, 5.41) is 13.4. The molecule has 1 amide bonds. The van der Waals surface area contributed by atoms with E-state index >= 15 is 0 Å². The zero-order valence-corrected chi connectivity index (χ0v) is 14.1. The van der Waals surface area contributed by atoms with Crippen molar-refractivity contribution in [1.82, 2.24) is 0 Å². The van der Waals surface area contributed by atoms with E-state index in [0.29, 0.717) is 5.56 Å². The summed E-state index contributed by atoms with van der Waals surface area (Å²) < 4.78 is 5.19. The van der Waals surface area contributed by atoms with Crippen molar-refractivity contribution in [2.75, 3.05) is 5.32 Å². The van der Waals surface area contributed by atoms with Gasteiger partial charge in [0.15, 0.2) is 6.10 Å². The maximum atomic E-state index is 12.2. The largest absolute Gasteiger partial charge is 0.449 e. The van der Waals surface area contributed by atoms with Crippen molar-refractivity contribution in [2.24, 2.45) is 0 Å². The number of rotatable bonds is 5. The van der Waals surface area contributed by atoms with Crippen molar-refractivity contribution in [1.29, 1.82) is 0 Å². The van der Waals surface area contributed by atoms with Crippen LogP contribution in [0, 0.1) is 24.0 Å². The van der Waals surface area contributed by atoms with E-state index < -0.39 is 22.9 Å². The van der Waals surface area contributed by atoms with E-state index in [9.17, 15) is 19.7 Å². The highest BCUT2D eigenvalue weighted by molar-refractivity contribution is 5.99. The Morgan fingerprint density at radius 3 is 2.48 bits per heavy atom. The molecule has 2 aromatic rings. The van der Waals surface area contributed by atoms with Gasteiger partial charge in [-0.3, -0.25) is 14.9 Å². The first kappa shape index (κ1) is 18.1. The fourth-order valence-corrected chi connectivity index (χ4v) is 2.22. The molecule has 0 fully saturated rings. The normalized spacial score (nSPS) is 11.5. The predicted octanol–water partition coefficient (Wildman–Crippen LogP) is 3.40. The number of nitrogens with one attached hydrogen (secondary N) is 1. The van der Waals surface area contributed by atoms with Gasteiger partial charge in [0, 0.05) is 6.07 Å². The minimum Gasteiger partial charge on any atom is -0.449 e. The van der Waals surface area contributed by atoms with Gasteiger partial charge in [-0.1, -0.05) is 24.3 Å². The van der Waals surface area contributed by atoms with Crippen molar-refractivity contribution < 1.29 is 19.2 Å². The van der Waals surface area contributed by atoms with Crippen molar-refractivity contribution in [2.45, 2.75) is 26.9 Å². The molecule has 2 rings (SSSR count). The van der Waals surface area contributed by atoms with Crippen LogP contribution >= 0.6 is 0 Å². The molecule has 7 nitrogen and oxygen atoms in total. The monoisotopic (exact) mass is 342 g/mol. The number of aryl methyl sites for hydroxylation is 1. The summed E-state index contributed by atoms with van der Waals surface area (Å²) in [6.45, 7) is 5.08. The van der Waals surface area contributed by atoms with Crippen molar-refractivity contribution >= 4 is 23.3 Å². The van der Waals surface area contributed by atoms with Crippen LogP contribution in [0.3, 0.4) is 0 Å². The fourth-order valence-electron chi connectivity index (χ4n) is 2.22. The molecule has 0 saturated heterocycles. The highest BCUT2D eigenvalue weighted by atomic mass is 16.6. The first-order chi connectivity index (χ1) is 11.8. The summed E-state index contributed by atoms with van der Waals surface area (Å²) in [6.07, 6.45) is -1.10. The number of nitro benzene ring substituents is 1. The Balaban J connectivity index is 2.09. The van der Waals surface area contributed by atoms with Gasteiger partial charge < -0.3 is 10.1 Å². The Morgan fingerprint density at radius 2 is 1.80 bits per heavy atom. The summed E-state index contributed by atoms with van der Waals surface area (Å²) in [5.41, 5.74) is 1.91. The molecule has 0 aromatic heterocycles. The van der Waals surface area contributed by atoms with E-state index in [4.69, 9.17) is 4.74 Å². The number of carbonyl (C=O) groups excluding carboxylic acids is 2. The number of hydrogen-bond donors (Lipinski definition) is 1. The van der Waals surface area contributed by atoms with Crippen LogP contribution < -0.4 is 5.32 Å². The van der Waals surface area contributed by atoms with Gasteiger partial charge in [-0.05, 0) is 44.0 Å². The molecule has 0 radical (unpaired) electrons. The van der Waals surface area contributed by atoms with E-state index in [1.807, 2.05) is 13.0 Å². The van der Waals surface area contributed by atoms with Crippen LogP contribution in [0.4, 0.5) is 11.4 Å². The van der Waals surface area contributed by atoms with Gasteiger partial charge in [0.2, 0.25) is 0 Å². The van der Waals surface area contributed by atoms with E-state index in [-0.39, 0.29) is 11.4 Å². The second-order valence-corrected chi connectivity index (χ2v) is 5.56. The zero-order chi connectivity index (χ0) is 18.6. The molecule has 1 N–H and O–H groups in total. The van der Waals surface area contributed by atoms with E-state index in [0.717, 1.165) is 11.1 Å². The third-order valence-electron chi connectivity index (χ3n) is 3.84. The van der Waals surface area contributed by atoms with Gasteiger partial charge in [0.1, 0.15) is 5.69 Å². The minimum absolute atomic E-state index is 0.0483. The summed E-state index contributed by atoms with van der Waals surface area (Å²) in [5.74, 6) is -1.26. The third-order valence-corrected chi connectivity index (χ3v) is 3.84. The summed E-state index contributed by atoms with van der Waals surface area (Å²) in [4.78, 5) is 34.8. The van der Waals surface area contributed by atoms with Gasteiger partial charge in [-0.15, -0.1) is 0 Å². The van der Waals surface area contributed by atoms with Crippen LogP contribution in [0.25, 0.3) is 0 Å². The number of amides is 1. The molecule has 0 saturated carbocycles. The van der Waals surface area contributed by atoms with E-state index in [1.54, 1.807) is 25.1 Å². The molecule has 0 spiro atoms. The molecule has 1 atom stereocenters. The molecule has 130 valence electrons. The lowest BCUT2D eigenvalue weighted by molar-refractivity contribution is -0.383. The Morgan fingerprint density at radius 1 is 1.12 bits per heavy atom. The lowest BCUT2D eigenvalue weighted by Crippen LogP contribution is -2.30. The minimum atomic E-state index is -1.10. The van der Waals surface area contributed by atoms with Crippen LogP contribution in [0.1, 0.15) is 28.4 Å². The number of nitro groups is 1. The Kier molecular flexibility index (Phi) is 5.49. The van der Waals surface area contributed by atoms with Gasteiger partial charge in [-0.2, -0.15) is 0 Å². The number of carbonyl (C=O) groups is 2. The lowest BCUT2D eigenvalue weighted by atomic mass is 10.0. The number of para-hydroxylation sites is 2. The number of anilines is 1. The number of benzene rings is 2. The second-order valence-electron chi connectivity index (χ2n) is 5.56.